The Balaban J connectivity index is -0.00000132. The van der Waals surface area contributed by atoms with Gasteiger partial charge in [-0.05, 0) is 13.0 Å². The highest BCUT2D eigenvalue weighted by atomic mass is 16.4. The van der Waals surface area contributed by atoms with E-state index >= 15 is 0 Å². The second kappa shape index (κ2) is 26.5. The first kappa shape index (κ1) is 37.5. The van der Waals surface area contributed by atoms with Crippen molar-refractivity contribution in [1.82, 2.24) is 19.6 Å². The van der Waals surface area contributed by atoms with Crippen molar-refractivity contribution in [1.29, 1.82) is 0 Å². The van der Waals surface area contributed by atoms with Gasteiger partial charge in [0, 0.05) is 45.8 Å². The van der Waals surface area contributed by atoms with Crippen LogP contribution in [0.2, 0.25) is 0 Å². The van der Waals surface area contributed by atoms with Gasteiger partial charge in [-0.3, -0.25) is 29.1 Å². The summed E-state index contributed by atoms with van der Waals surface area (Å²) >= 11 is 0. The zero-order valence-corrected chi connectivity index (χ0v) is 22.7. The number of hydrogen-bond acceptors (Lipinski definition) is 8. The van der Waals surface area contributed by atoms with Gasteiger partial charge in [-0.25, -0.2) is 0 Å². The van der Waals surface area contributed by atoms with Gasteiger partial charge < -0.3 is 25.0 Å². The first-order valence-electron chi connectivity index (χ1n) is 12.7. The van der Waals surface area contributed by atoms with E-state index in [1.54, 1.807) is 14.7 Å². The Morgan fingerprint density at radius 3 is 1.43 bits per heavy atom. The zero-order chi connectivity index (χ0) is 27.6. The van der Waals surface area contributed by atoms with Gasteiger partial charge in [0.05, 0.1) is 26.2 Å². The van der Waals surface area contributed by atoms with Crippen LogP contribution in [-0.4, -0.2) is 138 Å². The molecule has 0 saturated carbocycles. The topological polar surface area (TPSA) is 142 Å². The highest BCUT2D eigenvalue weighted by molar-refractivity contribution is 5.70. The molecule has 0 amide bonds. The molecule has 0 bridgehead atoms. The summed E-state index contributed by atoms with van der Waals surface area (Å²) in [5.41, 5.74) is 0. The molecule has 1 saturated heterocycles. The average Bonchev–Trinajstić information content (AvgIpc) is 2.88. The third kappa shape index (κ3) is 24.8. The summed E-state index contributed by atoms with van der Waals surface area (Å²) in [5.74, 6) is -2.83. The van der Waals surface area contributed by atoms with Crippen LogP contribution >= 0.6 is 0 Å². The SMILES string of the molecule is CC.CC.CCC.O=CCN(CCCN1CCN(CC(=O)O)CCN(CC(=O)O)CC1)CC(=O)O. The van der Waals surface area contributed by atoms with Gasteiger partial charge >= 0.3 is 17.9 Å². The quantitative estimate of drug-likeness (QED) is 0.332. The lowest BCUT2D eigenvalue weighted by Gasteiger charge is -2.26. The maximum atomic E-state index is 11.0. The van der Waals surface area contributed by atoms with E-state index in [1.807, 2.05) is 27.7 Å². The van der Waals surface area contributed by atoms with E-state index in [0.717, 1.165) is 0 Å². The molecule has 1 rings (SSSR count). The van der Waals surface area contributed by atoms with Crippen LogP contribution in [0, 0.1) is 0 Å². The Morgan fingerprint density at radius 2 is 1.11 bits per heavy atom. The molecule has 35 heavy (non-hydrogen) atoms. The smallest absolute Gasteiger partial charge is 0.317 e. The minimum absolute atomic E-state index is 0.0606. The molecule has 3 N–H and O–H groups in total. The number of carbonyl (C=O) groups excluding carboxylic acids is 1. The summed E-state index contributed by atoms with van der Waals surface area (Å²) in [6, 6.07) is 0. The number of carboxylic acid groups (broad SMARTS) is 3. The molecule has 0 aromatic rings. The summed E-state index contributed by atoms with van der Waals surface area (Å²) in [5, 5.41) is 27.0. The second-order valence-corrected chi connectivity index (χ2v) is 7.54. The lowest BCUT2D eigenvalue weighted by atomic mass is 10.3. The highest BCUT2D eigenvalue weighted by Gasteiger charge is 2.19. The molecule has 0 aromatic carbocycles. The van der Waals surface area contributed by atoms with Crippen molar-refractivity contribution in [3.05, 3.63) is 0 Å². The fourth-order valence-electron chi connectivity index (χ4n) is 3.16. The number of carbonyl (C=O) groups is 4. The highest BCUT2D eigenvalue weighted by Crippen LogP contribution is 2.03. The normalized spacial score (nSPS) is 14.9. The summed E-state index contributed by atoms with van der Waals surface area (Å²) < 4.78 is 0. The molecule has 1 fully saturated rings. The number of carboxylic acids is 3. The van der Waals surface area contributed by atoms with Crippen molar-refractivity contribution in [3.63, 3.8) is 0 Å². The van der Waals surface area contributed by atoms with Crippen LogP contribution in [-0.2, 0) is 19.2 Å². The standard InChI is InChI=1S/C17H30N4O7.C3H8.2C2H6/c22-11-10-19(12-15(23)24)3-1-2-18-4-6-20(13-16(25)26)8-9-21(7-5-18)14-17(27)28;1-3-2;2*1-2/h11H,1-10,12-14H2,(H,23,24)(H,25,26)(H,27,28);3H2,1-2H3;2*1-2H3. The Morgan fingerprint density at radius 1 is 0.743 bits per heavy atom. The van der Waals surface area contributed by atoms with Crippen molar-refractivity contribution < 1.29 is 34.5 Å². The van der Waals surface area contributed by atoms with Crippen molar-refractivity contribution >= 4 is 24.2 Å². The van der Waals surface area contributed by atoms with Crippen LogP contribution in [0.25, 0.3) is 0 Å². The van der Waals surface area contributed by atoms with Crippen LogP contribution in [0.5, 0.6) is 0 Å². The van der Waals surface area contributed by atoms with Crippen LogP contribution in [0.4, 0.5) is 0 Å². The van der Waals surface area contributed by atoms with Crippen molar-refractivity contribution in [2.45, 2.75) is 54.4 Å². The van der Waals surface area contributed by atoms with Gasteiger partial charge in [0.2, 0.25) is 0 Å². The van der Waals surface area contributed by atoms with Crippen molar-refractivity contribution in [2.24, 2.45) is 0 Å². The molecule has 0 unspecified atom stereocenters. The maximum Gasteiger partial charge on any atom is 0.317 e. The third-order valence-electron chi connectivity index (χ3n) is 4.56. The zero-order valence-electron chi connectivity index (χ0n) is 22.7. The maximum absolute atomic E-state index is 11.0. The van der Waals surface area contributed by atoms with Gasteiger partial charge in [-0.1, -0.05) is 48.0 Å². The molecule has 1 heterocycles. The number of nitrogens with zero attached hydrogens (tertiary/aromatic N) is 4. The minimum Gasteiger partial charge on any atom is -0.480 e. The van der Waals surface area contributed by atoms with Crippen molar-refractivity contribution in [3.8, 4) is 0 Å². The Labute approximate surface area is 211 Å². The van der Waals surface area contributed by atoms with Gasteiger partial charge in [-0.2, -0.15) is 0 Å². The fraction of sp³-hybridized carbons (Fsp3) is 0.833. The number of rotatable bonds is 12. The molecule has 208 valence electrons. The van der Waals surface area contributed by atoms with E-state index in [2.05, 4.69) is 18.7 Å². The van der Waals surface area contributed by atoms with Crippen LogP contribution in [0.15, 0.2) is 0 Å². The molecule has 0 radical (unpaired) electrons. The lowest BCUT2D eigenvalue weighted by molar-refractivity contribution is -0.140. The molecule has 11 nitrogen and oxygen atoms in total. The van der Waals surface area contributed by atoms with E-state index in [-0.39, 0.29) is 26.2 Å². The van der Waals surface area contributed by atoms with E-state index in [0.29, 0.717) is 65.1 Å². The molecule has 11 heteroatoms. The van der Waals surface area contributed by atoms with Gasteiger partial charge in [-0.15, -0.1) is 0 Å². The second-order valence-electron chi connectivity index (χ2n) is 7.54. The largest absolute Gasteiger partial charge is 0.480 e. The molecule has 0 aromatic heterocycles. The molecule has 1 aliphatic rings. The van der Waals surface area contributed by atoms with E-state index in [1.165, 1.54) is 6.42 Å². The molecule has 0 aliphatic carbocycles. The van der Waals surface area contributed by atoms with Crippen LogP contribution in [0.1, 0.15) is 54.4 Å². The van der Waals surface area contributed by atoms with Crippen LogP contribution in [0.3, 0.4) is 0 Å². The molecule has 0 atom stereocenters. The van der Waals surface area contributed by atoms with E-state index in [9.17, 15) is 19.2 Å². The average molecular weight is 507 g/mol. The molecule has 0 spiro atoms. The summed E-state index contributed by atoms with van der Waals surface area (Å²) in [4.78, 5) is 50.9. The Kier molecular flexibility index (Phi) is 28.4. The van der Waals surface area contributed by atoms with Gasteiger partial charge in [0.25, 0.3) is 0 Å². The predicted molar refractivity (Wildman–Crippen MR) is 138 cm³/mol. The lowest BCUT2D eigenvalue weighted by Crippen LogP contribution is -2.40. The summed E-state index contributed by atoms with van der Waals surface area (Å²) in [7, 11) is 0. The Bertz CT molecular complexity index is 522. The first-order chi connectivity index (χ1) is 16.7. The summed E-state index contributed by atoms with van der Waals surface area (Å²) in [6.45, 7) is 16.4. The predicted octanol–water partition coefficient (Wildman–Crippen LogP) is 1.52. The molecule has 1 aliphatic heterocycles. The number of aliphatic carboxylic acids is 3. The van der Waals surface area contributed by atoms with Gasteiger partial charge in [0.1, 0.15) is 6.29 Å². The van der Waals surface area contributed by atoms with Crippen molar-refractivity contribution in [2.75, 3.05) is 78.5 Å². The molecular weight excluding hydrogens is 456 g/mol. The molecular formula is C24H50N4O7. The third-order valence-corrected chi connectivity index (χ3v) is 4.56. The summed E-state index contributed by atoms with van der Waals surface area (Å²) in [6.07, 6.45) is 2.58. The Hall–Kier alpha value is -2.08. The minimum atomic E-state index is -0.988. The fourth-order valence-corrected chi connectivity index (χ4v) is 3.16. The van der Waals surface area contributed by atoms with E-state index < -0.39 is 17.9 Å². The van der Waals surface area contributed by atoms with Gasteiger partial charge in [0.15, 0.2) is 0 Å². The number of hydrogen-bond donors (Lipinski definition) is 3. The van der Waals surface area contributed by atoms with E-state index in [4.69, 9.17) is 15.3 Å². The first-order valence-corrected chi connectivity index (χ1v) is 12.7. The van der Waals surface area contributed by atoms with Crippen LogP contribution < -0.4 is 0 Å². The number of aldehydes is 1. The monoisotopic (exact) mass is 506 g/mol.